The van der Waals surface area contributed by atoms with Gasteiger partial charge in [0.1, 0.15) is 0 Å². The quantitative estimate of drug-likeness (QED) is 0.428. The fourth-order valence-electron chi connectivity index (χ4n) is 2.62. The summed E-state index contributed by atoms with van der Waals surface area (Å²) in [6.07, 6.45) is 11.0. The number of carbonyl (C=O) groups is 3. The molecule has 0 spiro atoms. The monoisotopic (exact) mass is 306 g/mol. The molecule has 120 valence electrons. The summed E-state index contributed by atoms with van der Waals surface area (Å²) < 4.78 is 9.73. The Kier molecular flexibility index (Phi) is 6.76. The van der Waals surface area contributed by atoms with Gasteiger partial charge in [0.15, 0.2) is 11.2 Å². The van der Waals surface area contributed by atoms with E-state index in [1.807, 2.05) is 13.0 Å². The van der Waals surface area contributed by atoms with Crippen LogP contribution in [0.2, 0.25) is 0 Å². The lowest BCUT2D eigenvalue weighted by atomic mass is 9.69. The highest BCUT2D eigenvalue weighted by atomic mass is 16.5. The van der Waals surface area contributed by atoms with Crippen LogP contribution in [0.25, 0.3) is 0 Å². The lowest BCUT2D eigenvalue weighted by molar-refractivity contribution is -0.172. The number of ether oxygens (including phenoxy) is 2. The van der Waals surface area contributed by atoms with E-state index in [1.54, 1.807) is 24.3 Å². The second-order valence-electron chi connectivity index (χ2n) is 5.08. The van der Waals surface area contributed by atoms with E-state index in [4.69, 9.17) is 9.47 Å². The fraction of sp³-hybridized carbons (Fsp3) is 0.471. The van der Waals surface area contributed by atoms with E-state index in [0.29, 0.717) is 12.8 Å². The highest BCUT2D eigenvalue weighted by Crippen LogP contribution is 2.40. The molecule has 0 bridgehead atoms. The third-order valence-electron chi connectivity index (χ3n) is 3.83. The first-order valence-electron chi connectivity index (χ1n) is 7.18. The molecule has 5 heteroatoms. The Hall–Kier alpha value is -2.17. The maximum Gasteiger partial charge on any atom is 0.324 e. The number of rotatable bonds is 6. The first kappa shape index (κ1) is 17.9. The SMILES string of the molecule is C/C=C/C=C/CC(C(=O)OC)(C(=O)OC)[C@H]1C=CC(=O)CC1. The van der Waals surface area contributed by atoms with Crippen molar-refractivity contribution in [2.24, 2.45) is 11.3 Å². The molecular formula is C17H22O5. The summed E-state index contributed by atoms with van der Waals surface area (Å²) in [4.78, 5) is 36.1. The molecule has 0 radical (unpaired) electrons. The van der Waals surface area contributed by atoms with Crippen LogP contribution in [0.3, 0.4) is 0 Å². The molecule has 1 aliphatic rings. The molecular weight excluding hydrogens is 284 g/mol. The van der Waals surface area contributed by atoms with Crippen LogP contribution in [0.1, 0.15) is 26.2 Å². The number of hydrogen-bond donors (Lipinski definition) is 0. The lowest BCUT2D eigenvalue weighted by Gasteiger charge is -2.34. The van der Waals surface area contributed by atoms with Crippen molar-refractivity contribution in [1.82, 2.24) is 0 Å². The minimum absolute atomic E-state index is 0.00987. The Morgan fingerprint density at radius 3 is 2.36 bits per heavy atom. The summed E-state index contributed by atoms with van der Waals surface area (Å²) >= 11 is 0. The number of ketones is 1. The van der Waals surface area contributed by atoms with Gasteiger partial charge in [-0.1, -0.05) is 30.4 Å². The van der Waals surface area contributed by atoms with Crippen LogP contribution in [0.5, 0.6) is 0 Å². The van der Waals surface area contributed by atoms with E-state index in [0.717, 1.165) is 0 Å². The van der Waals surface area contributed by atoms with Crippen LogP contribution in [0.15, 0.2) is 36.5 Å². The maximum atomic E-state index is 12.4. The molecule has 0 aromatic heterocycles. The van der Waals surface area contributed by atoms with E-state index < -0.39 is 23.3 Å². The summed E-state index contributed by atoms with van der Waals surface area (Å²) in [5.74, 6) is -1.73. The largest absolute Gasteiger partial charge is 0.468 e. The number of hydrogen-bond acceptors (Lipinski definition) is 5. The first-order chi connectivity index (χ1) is 10.5. The van der Waals surface area contributed by atoms with Crippen LogP contribution in [0, 0.1) is 11.3 Å². The topological polar surface area (TPSA) is 69.7 Å². The summed E-state index contributed by atoms with van der Waals surface area (Å²) in [5.41, 5.74) is -1.46. The molecule has 0 aromatic rings. The van der Waals surface area contributed by atoms with Gasteiger partial charge in [0.25, 0.3) is 0 Å². The van der Waals surface area contributed by atoms with Crippen molar-refractivity contribution in [3.63, 3.8) is 0 Å². The number of methoxy groups -OCH3 is 2. The molecule has 1 atom stereocenters. The van der Waals surface area contributed by atoms with Crippen LogP contribution < -0.4 is 0 Å². The minimum Gasteiger partial charge on any atom is -0.468 e. The van der Waals surface area contributed by atoms with Gasteiger partial charge in [-0.2, -0.15) is 0 Å². The molecule has 0 aliphatic heterocycles. The van der Waals surface area contributed by atoms with Gasteiger partial charge in [-0.25, -0.2) is 0 Å². The second kappa shape index (κ2) is 8.32. The summed E-state index contributed by atoms with van der Waals surface area (Å²) in [6.45, 7) is 1.87. The molecule has 0 saturated carbocycles. The van der Waals surface area contributed by atoms with Gasteiger partial charge in [0.2, 0.25) is 0 Å². The highest BCUT2D eigenvalue weighted by molar-refractivity contribution is 6.01. The van der Waals surface area contributed by atoms with Crippen molar-refractivity contribution in [2.75, 3.05) is 14.2 Å². The van der Waals surface area contributed by atoms with Crippen molar-refractivity contribution < 1.29 is 23.9 Å². The number of carbonyl (C=O) groups excluding carboxylic acids is 3. The van der Waals surface area contributed by atoms with Gasteiger partial charge in [-0.05, 0) is 25.8 Å². The molecule has 1 aliphatic carbocycles. The Bertz CT molecular complexity index is 497. The molecule has 0 N–H and O–H groups in total. The average Bonchev–Trinajstić information content (AvgIpc) is 2.55. The van der Waals surface area contributed by atoms with Crippen molar-refractivity contribution in [1.29, 1.82) is 0 Å². The van der Waals surface area contributed by atoms with Crippen LogP contribution in [-0.2, 0) is 23.9 Å². The predicted molar refractivity (Wildman–Crippen MR) is 81.9 cm³/mol. The standard InChI is InChI=1S/C17H22O5/c1-4-5-6-7-12-17(15(19)21-2,16(20)22-3)13-8-10-14(18)11-9-13/h4-8,10,13H,9,11-12H2,1-3H3/b5-4+,7-6+/t13-/m0/s1. The zero-order chi connectivity index (χ0) is 16.6. The minimum atomic E-state index is -1.46. The smallest absolute Gasteiger partial charge is 0.324 e. The third-order valence-corrected chi connectivity index (χ3v) is 3.83. The fourth-order valence-corrected chi connectivity index (χ4v) is 2.62. The summed E-state index contributed by atoms with van der Waals surface area (Å²) in [5, 5.41) is 0. The number of allylic oxidation sites excluding steroid dienone is 6. The van der Waals surface area contributed by atoms with Crippen molar-refractivity contribution >= 4 is 17.7 Å². The Balaban J connectivity index is 3.25. The van der Waals surface area contributed by atoms with Gasteiger partial charge in [0, 0.05) is 12.3 Å². The third kappa shape index (κ3) is 3.72. The van der Waals surface area contributed by atoms with Gasteiger partial charge < -0.3 is 9.47 Å². The maximum absolute atomic E-state index is 12.4. The molecule has 5 nitrogen and oxygen atoms in total. The zero-order valence-corrected chi connectivity index (χ0v) is 13.2. The zero-order valence-electron chi connectivity index (χ0n) is 13.2. The Labute approximate surface area is 130 Å². The molecule has 0 saturated heterocycles. The van der Waals surface area contributed by atoms with Crippen molar-refractivity contribution in [3.8, 4) is 0 Å². The molecule has 1 rings (SSSR count). The van der Waals surface area contributed by atoms with Gasteiger partial charge in [-0.3, -0.25) is 14.4 Å². The van der Waals surface area contributed by atoms with Gasteiger partial charge in [0.05, 0.1) is 14.2 Å². The first-order valence-corrected chi connectivity index (χ1v) is 7.18. The molecule has 0 aromatic carbocycles. The average molecular weight is 306 g/mol. The van der Waals surface area contributed by atoms with Gasteiger partial charge in [-0.15, -0.1) is 0 Å². The lowest BCUT2D eigenvalue weighted by Crippen LogP contribution is -2.47. The Morgan fingerprint density at radius 2 is 1.91 bits per heavy atom. The summed E-state index contributed by atoms with van der Waals surface area (Å²) in [7, 11) is 2.49. The van der Waals surface area contributed by atoms with Crippen LogP contribution >= 0.6 is 0 Å². The van der Waals surface area contributed by atoms with Gasteiger partial charge >= 0.3 is 11.9 Å². The molecule has 0 amide bonds. The molecule has 0 fully saturated rings. The van der Waals surface area contributed by atoms with E-state index >= 15 is 0 Å². The second-order valence-corrected chi connectivity index (χ2v) is 5.08. The van der Waals surface area contributed by atoms with Crippen LogP contribution in [0.4, 0.5) is 0 Å². The molecule has 0 heterocycles. The summed E-state index contributed by atoms with van der Waals surface area (Å²) in [6, 6.07) is 0. The van der Waals surface area contributed by atoms with Crippen molar-refractivity contribution in [3.05, 3.63) is 36.5 Å². The van der Waals surface area contributed by atoms with E-state index in [2.05, 4.69) is 0 Å². The molecule has 22 heavy (non-hydrogen) atoms. The normalized spacial score (nSPS) is 18.9. The predicted octanol–water partition coefficient (Wildman–Crippen LogP) is 2.38. The highest BCUT2D eigenvalue weighted by Gasteiger charge is 2.53. The van der Waals surface area contributed by atoms with Crippen molar-refractivity contribution in [2.45, 2.75) is 26.2 Å². The number of esters is 2. The molecule has 0 unspecified atom stereocenters. The van der Waals surface area contributed by atoms with E-state index in [-0.39, 0.29) is 12.2 Å². The van der Waals surface area contributed by atoms with E-state index in [1.165, 1.54) is 20.3 Å². The van der Waals surface area contributed by atoms with Crippen LogP contribution in [-0.4, -0.2) is 31.9 Å². The Morgan fingerprint density at radius 1 is 1.27 bits per heavy atom. The van der Waals surface area contributed by atoms with E-state index in [9.17, 15) is 14.4 Å².